The average Bonchev–Trinajstić information content (AvgIpc) is 2.54. The predicted octanol–water partition coefficient (Wildman–Crippen LogP) is 3.29. The maximum Gasteiger partial charge on any atom is 0.410 e. The number of hydrogen-bond acceptors (Lipinski definition) is 4. The normalized spacial score (nSPS) is 25.2. The van der Waals surface area contributed by atoms with Gasteiger partial charge in [0.25, 0.3) is 0 Å². The summed E-state index contributed by atoms with van der Waals surface area (Å²) >= 11 is 0. The van der Waals surface area contributed by atoms with E-state index in [-0.39, 0.29) is 11.7 Å². The highest BCUT2D eigenvalue weighted by Gasteiger charge is 2.42. The Kier molecular flexibility index (Phi) is 5.35. The van der Waals surface area contributed by atoms with Gasteiger partial charge in [-0.25, -0.2) is 4.79 Å². The number of carbonyl (C=O) groups excluding carboxylic acids is 1. The molecule has 1 spiro atoms. The molecule has 2 saturated heterocycles. The van der Waals surface area contributed by atoms with Crippen LogP contribution in [-0.4, -0.2) is 59.9 Å². The molecule has 1 aromatic rings. The van der Waals surface area contributed by atoms with Gasteiger partial charge in [0, 0.05) is 26.2 Å². The zero-order valence-electron chi connectivity index (χ0n) is 15.7. The average molecular weight is 346 g/mol. The van der Waals surface area contributed by atoms with E-state index in [0.717, 1.165) is 45.6 Å². The molecule has 1 amide bonds. The number of nitrogens with zero attached hydrogens (tertiary/aromatic N) is 2. The Balaban J connectivity index is 1.63. The summed E-state index contributed by atoms with van der Waals surface area (Å²) in [6.07, 6.45) is 1.73. The molecule has 2 fully saturated rings. The van der Waals surface area contributed by atoms with Crippen LogP contribution in [0.25, 0.3) is 0 Å². The summed E-state index contributed by atoms with van der Waals surface area (Å²) in [5, 5.41) is 0. The van der Waals surface area contributed by atoms with Gasteiger partial charge in [0.05, 0.1) is 18.8 Å². The van der Waals surface area contributed by atoms with Crippen molar-refractivity contribution in [3.05, 3.63) is 35.9 Å². The highest BCUT2D eigenvalue weighted by Crippen LogP contribution is 2.30. The first-order valence-electron chi connectivity index (χ1n) is 9.23. The monoisotopic (exact) mass is 346 g/mol. The summed E-state index contributed by atoms with van der Waals surface area (Å²) in [6.45, 7) is 10.5. The second-order valence-corrected chi connectivity index (χ2v) is 8.23. The van der Waals surface area contributed by atoms with E-state index < -0.39 is 5.60 Å². The van der Waals surface area contributed by atoms with Crippen LogP contribution in [0.3, 0.4) is 0 Å². The van der Waals surface area contributed by atoms with Crippen molar-refractivity contribution in [2.45, 2.75) is 51.4 Å². The molecule has 2 aliphatic heterocycles. The summed E-state index contributed by atoms with van der Waals surface area (Å²) in [7, 11) is 0. The molecule has 0 unspecified atom stereocenters. The van der Waals surface area contributed by atoms with Crippen LogP contribution in [0.5, 0.6) is 0 Å². The molecule has 5 nitrogen and oxygen atoms in total. The molecule has 25 heavy (non-hydrogen) atoms. The number of benzene rings is 1. The lowest BCUT2D eigenvalue weighted by molar-refractivity contribution is -0.140. The predicted molar refractivity (Wildman–Crippen MR) is 97.4 cm³/mol. The Morgan fingerprint density at radius 3 is 2.68 bits per heavy atom. The summed E-state index contributed by atoms with van der Waals surface area (Å²) in [5.41, 5.74) is 0.593. The van der Waals surface area contributed by atoms with E-state index in [1.54, 1.807) is 0 Å². The Hall–Kier alpha value is -1.59. The van der Waals surface area contributed by atoms with Gasteiger partial charge in [-0.1, -0.05) is 30.3 Å². The molecule has 0 bridgehead atoms. The van der Waals surface area contributed by atoms with Crippen LogP contribution in [0.2, 0.25) is 0 Å². The first-order valence-corrected chi connectivity index (χ1v) is 9.23. The molecule has 138 valence electrons. The SMILES string of the molecule is CC(C)(C)OC(=O)N1CCC[C@@]2(CN(Cc3ccccc3)CCO2)C1. The van der Waals surface area contributed by atoms with Crippen LogP contribution in [0.1, 0.15) is 39.2 Å². The first kappa shape index (κ1) is 18.2. The third-order valence-electron chi connectivity index (χ3n) is 4.77. The fraction of sp³-hybridized carbons (Fsp3) is 0.650. The van der Waals surface area contributed by atoms with E-state index in [1.807, 2.05) is 31.7 Å². The van der Waals surface area contributed by atoms with Crippen LogP contribution < -0.4 is 0 Å². The van der Waals surface area contributed by atoms with E-state index >= 15 is 0 Å². The van der Waals surface area contributed by atoms with Gasteiger partial charge in [0.1, 0.15) is 5.60 Å². The van der Waals surface area contributed by atoms with Crippen molar-refractivity contribution in [1.29, 1.82) is 0 Å². The van der Waals surface area contributed by atoms with Gasteiger partial charge < -0.3 is 14.4 Å². The topological polar surface area (TPSA) is 42.0 Å². The maximum absolute atomic E-state index is 12.4. The summed E-state index contributed by atoms with van der Waals surface area (Å²) in [6, 6.07) is 10.5. The molecule has 2 aliphatic rings. The fourth-order valence-electron chi connectivity index (χ4n) is 3.73. The third-order valence-corrected chi connectivity index (χ3v) is 4.77. The lowest BCUT2D eigenvalue weighted by Crippen LogP contribution is -2.60. The maximum atomic E-state index is 12.4. The van der Waals surface area contributed by atoms with Crippen molar-refractivity contribution in [2.24, 2.45) is 0 Å². The van der Waals surface area contributed by atoms with Crippen LogP contribution in [0, 0.1) is 0 Å². The molecule has 5 heteroatoms. The van der Waals surface area contributed by atoms with E-state index in [2.05, 4.69) is 29.2 Å². The van der Waals surface area contributed by atoms with Crippen LogP contribution in [0.15, 0.2) is 30.3 Å². The van der Waals surface area contributed by atoms with Crippen LogP contribution in [0.4, 0.5) is 4.79 Å². The van der Waals surface area contributed by atoms with Gasteiger partial charge in [0.15, 0.2) is 0 Å². The number of likely N-dealkylation sites (tertiary alicyclic amines) is 1. The number of morpholine rings is 1. The molecule has 0 aliphatic carbocycles. The lowest BCUT2D eigenvalue weighted by atomic mass is 9.90. The molecule has 1 aromatic carbocycles. The van der Waals surface area contributed by atoms with Crippen molar-refractivity contribution < 1.29 is 14.3 Å². The molecule has 2 heterocycles. The quantitative estimate of drug-likeness (QED) is 0.824. The zero-order valence-corrected chi connectivity index (χ0v) is 15.7. The smallest absolute Gasteiger partial charge is 0.410 e. The summed E-state index contributed by atoms with van der Waals surface area (Å²) in [4.78, 5) is 16.7. The minimum Gasteiger partial charge on any atom is -0.444 e. The fourth-order valence-corrected chi connectivity index (χ4v) is 3.73. The number of carbonyl (C=O) groups is 1. The number of ether oxygens (including phenoxy) is 2. The van der Waals surface area contributed by atoms with E-state index in [0.29, 0.717) is 6.54 Å². The van der Waals surface area contributed by atoms with E-state index in [9.17, 15) is 4.79 Å². The van der Waals surface area contributed by atoms with Gasteiger partial charge in [-0.05, 0) is 39.2 Å². The van der Waals surface area contributed by atoms with Crippen LogP contribution >= 0.6 is 0 Å². The standard InChI is InChI=1S/C20H30N2O3/c1-19(2,3)25-18(23)22-11-7-10-20(16-22)15-21(12-13-24-20)14-17-8-5-4-6-9-17/h4-6,8-9H,7,10-16H2,1-3H3/t20-/m1/s1. The zero-order chi connectivity index (χ0) is 17.9. The van der Waals surface area contributed by atoms with Gasteiger partial charge in [-0.2, -0.15) is 0 Å². The Morgan fingerprint density at radius 1 is 1.20 bits per heavy atom. The molecule has 0 aromatic heterocycles. The Morgan fingerprint density at radius 2 is 1.96 bits per heavy atom. The highest BCUT2D eigenvalue weighted by atomic mass is 16.6. The van der Waals surface area contributed by atoms with Crippen molar-refractivity contribution in [1.82, 2.24) is 9.80 Å². The van der Waals surface area contributed by atoms with Crippen molar-refractivity contribution in [3.8, 4) is 0 Å². The van der Waals surface area contributed by atoms with Crippen molar-refractivity contribution in [3.63, 3.8) is 0 Å². The lowest BCUT2D eigenvalue weighted by Gasteiger charge is -2.48. The second kappa shape index (κ2) is 7.34. The third kappa shape index (κ3) is 4.95. The Labute approximate surface area is 150 Å². The van der Waals surface area contributed by atoms with E-state index in [1.165, 1.54) is 5.56 Å². The molecule has 0 N–H and O–H groups in total. The number of rotatable bonds is 2. The largest absolute Gasteiger partial charge is 0.444 e. The van der Waals surface area contributed by atoms with Crippen molar-refractivity contribution >= 4 is 6.09 Å². The van der Waals surface area contributed by atoms with Crippen LogP contribution in [-0.2, 0) is 16.0 Å². The van der Waals surface area contributed by atoms with Gasteiger partial charge in [0.2, 0.25) is 0 Å². The number of piperidine rings is 1. The minimum atomic E-state index is -0.464. The molecular weight excluding hydrogens is 316 g/mol. The molecule has 0 saturated carbocycles. The minimum absolute atomic E-state index is 0.227. The summed E-state index contributed by atoms with van der Waals surface area (Å²) in [5.74, 6) is 0. The molecule has 1 atom stereocenters. The second-order valence-electron chi connectivity index (χ2n) is 8.23. The van der Waals surface area contributed by atoms with E-state index in [4.69, 9.17) is 9.47 Å². The molecular formula is C20H30N2O3. The van der Waals surface area contributed by atoms with Gasteiger partial charge in [-0.3, -0.25) is 4.90 Å². The van der Waals surface area contributed by atoms with Gasteiger partial charge >= 0.3 is 6.09 Å². The molecule has 3 rings (SSSR count). The highest BCUT2D eigenvalue weighted by molar-refractivity contribution is 5.68. The molecule has 0 radical (unpaired) electrons. The van der Waals surface area contributed by atoms with Crippen molar-refractivity contribution in [2.75, 3.05) is 32.8 Å². The number of amides is 1. The first-order chi connectivity index (χ1) is 11.9. The summed E-state index contributed by atoms with van der Waals surface area (Å²) < 4.78 is 11.7. The number of hydrogen-bond donors (Lipinski definition) is 0. The van der Waals surface area contributed by atoms with Gasteiger partial charge in [-0.15, -0.1) is 0 Å². The Bertz CT molecular complexity index is 580.